The third-order valence-electron chi connectivity index (χ3n) is 6.18. The van der Waals surface area contributed by atoms with Crippen LogP contribution in [0.5, 0.6) is 0 Å². The summed E-state index contributed by atoms with van der Waals surface area (Å²) in [6.45, 7) is 20.3. The van der Waals surface area contributed by atoms with Gasteiger partial charge in [0.25, 0.3) is 0 Å². The second-order valence-corrected chi connectivity index (χ2v) is 30.5. The molecule has 0 rings (SSSR count). The molecule has 174 valence electrons. The van der Waals surface area contributed by atoms with Crippen molar-refractivity contribution < 1.29 is 4.74 Å². The molecule has 0 aliphatic carbocycles. The van der Waals surface area contributed by atoms with Crippen LogP contribution in [0, 0.1) is 5.92 Å². The van der Waals surface area contributed by atoms with E-state index in [1.807, 2.05) is 0 Å². The number of hydrogen-bond donors (Lipinski definition) is 0. The normalized spacial score (nSPS) is 14.2. The van der Waals surface area contributed by atoms with Gasteiger partial charge < -0.3 is 0 Å². The number of hydrogen-bond acceptors (Lipinski definition) is 1. The molecule has 1 unspecified atom stereocenters. The Balaban J connectivity index is 5.03. The molecule has 1 atom stereocenters. The molecule has 0 bridgehead atoms. The molecule has 0 N–H and O–H groups in total. The van der Waals surface area contributed by atoms with Crippen molar-refractivity contribution in [1.82, 2.24) is 0 Å². The zero-order chi connectivity index (χ0) is 22.2. The molecule has 29 heavy (non-hydrogen) atoms. The van der Waals surface area contributed by atoms with Crippen molar-refractivity contribution >= 4 is 26.5 Å². The Bertz CT molecular complexity index is 378. The van der Waals surface area contributed by atoms with Crippen LogP contribution in [0.25, 0.3) is 0 Å². The van der Waals surface area contributed by atoms with Crippen LogP contribution in [-0.4, -0.2) is 37.2 Å². The van der Waals surface area contributed by atoms with Crippen LogP contribution in [0.15, 0.2) is 12.2 Å². The van der Waals surface area contributed by atoms with Crippen molar-refractivity contribution in [2.45, 2.75) is 136 Å². The van der Waals surface area contributed by atoms with Crippen LogP contribution < -0.4 is 0 Å². The fourth-order valence-corrected chi connectivity index (χ4v) is 23.3. The fourth-order valence-electron chi connectivity index (χ4n) is 4.35. The van der Waals surface area contributed by atoms with Crippen LogP contribution in [0.1, 0.15) is 92.4 Å². The summed E-state index contributed by atoms with van der Waals surface area (Å²) in [5.74, 6) is 0.762. The topological polar surface area (TPSA) is 9.23 Å². The minimum absolute atomic E-state index is 0.653. The van der Waals surface area contributed by atoms with Gasteiger partial charge in [-0.15, -0.1) is 0 Å². The average Bonchev–Trinajstić information content (AvgIpc) is 2.65. The summed E-state index contributed by atoms with van der Waals surface area (Å²) in [6, 6.07) is 1.31. The van der Waals surface area contributed by atoms with E-state index in [1.165, 1.54) is 63.8 Å². The van der Waals surface area contributed by atoms with Gasteiger partial charge in [-0.1, -0.05) is 0 Å². The maximum absolute atomic E-state index is 6.83. The maximum atomic E-state index is 6.83. The van der Waals surface area contributed by atoms with Crippen LogP contribution in [-0.2, 0) is 4.74 Å². The van der Waals surface area contributed by atoms with Gasteiger partial charge in [-0.2, -0.15) is 0 Å². The third kappa shape index (κ3) is 15.2. The van der Waals surface area contributed by atoms with Gasteiger partial charge in [0.05, 0.1) is 0 Å². The fraction of sp³-hybridized carbons (Fsp3) is 0.923. The van der Waals surface area contributed by atoms with Crippen molar-refractivity contribution in [1.29, 1.82) is 0 Å². The predicted molar refractivity (Wildman–Crippen MR) is 141 cm³/mol. The number of unbranched alkanes of at least 4 members (excludes halogenated alkanes) is 4. The minimum atomic E-state index is -2.30. The van der Waals surface area contributed by atoms with E-state index in [1.54, 1.807) is 13.3 Å². The first kappa shape index (κ1) is 29.7. The molecule has 0 heterocycles. The first-order chi connectivity index (χ1) is 13.7. The van der Waals surface area contributed by atoms with E-state index in [-0.39, 0.29) is 0 Å². The van der Waals surface area contributed by atoms with Gasteiger partial charge in [0.15, 0.2) is 0 Å². The summed E-state index contributed by atoms with van der Waals surface area (Å²) in [6.07, 6.45) is 17.0. The molecular weight excluding hydrogens is 475 g/mol. The second kappa shape index (κ2) is 17.3. The Morgan fingerprint density at radius 3 is 1.72 bits per heavy atom. The van der Waals surface area contributed by atoms with E-state index in [0.29, 0.717) is 4.12 Å². The van der Waals surface area contributed by atoms with E-state index in [9.17, 15) is 0 Å². The molecule has 0 fully saturated rings. The summed E-state index contributed by atoms with van der Waals surface area (Å²) >= 11 is -2.30. The molecular formula is C26H56OSiSn. The first-order valence-corrected chi connectivity index (χ1v) is 24.4. The Morgan fingerprint density at radius 1 is 0.793 bits per heavy atom. The van der Waals surface area contributed by atoms with Crippen molar-refractivity contribution in [2.75, 3.05) is 6.61 Å². The Labute approximate surface area is 190 Å². The molecule has 0 saturated carbocycles. The quantitative estimate of drug-likeness (QED) is 0.0916. The summed E-state index contributed by atoms with van der Waals surface area (Å²) in [4.78, 5) is 0. The van der Waals surface area contributed by atoms with E-state index in [0.717, 1.165) is 12.5 Å². The third-order valence-corrected chi connectivity index (χ3v) is 24.2. The number of rotatable bonds is 19. The molecule has 1 nitrogen and oxygen atoms in total. The van der Waals surface area contributed by atoms with Gasteiger partial charge in [0, 0.05) is 0 Å². The Morgan fingerprint density at radius 2 is 1.31 bits per heavy atom. The zero-order valence-corrected chi connectivity index (χ0v) is 25.5. The molecule has 0 amide bonds. The zero-order valence-electron chi connectivity index (χ0n) is 21.6. The van der Waals surface area contributed by atoms with Crippen molar-refractivity contribution in [2.24, 2.45) is 5.92 Å². The number of ether oxygens (including phenoxy) is 1. The van der Waals surface area contributed by atoms with Gasteiger partial charge in [-0.05, 0) is 0 Å². The van der Waals surface area contributed by atoms with Crippen LogP contribution in [0.3, 0.4) is 0 Å². The Kier molecular flexibility index (Phi) is 17.7. The molecule has 3 heteroatoms. The van der Waals surface area contributed by atoms with E-state index >= 15 is 0 Å². The van der Waals surface area contributed by atoms with Crippen molar-refractivity contribution in [3.05, 3.63) is 12.2 Å². The van der Waals surface area contributed by atoms with Crippen molar-refractivity contribution in [3.63, 3.8) is 0 Å². The molecule has 0 aliphatic heterocycles. The van der Waals surface area contributed by atoms with Gasteiger partial charge >= 0.3 is 191 Å². The van der Waals surface area contributed by atoms with Crippen LogP contribution in [0.4, 0.5) is 0 Å². The standard InChI is InChI=1S/C14H29OSi.3C4H9.Sn/c1-14(2)10-12-15-11-8-6-7-9-13-16(3,4)5;3*1-3-4-2;/h7,9,12,14H,6,8,10-11,13H2,1-5H3;3*1,3-4H2,2H3;/b9-7-;;;;. The monoisotopic (exact) mass is 532 g/mol. The van der Waals surface area contributed by atoms with E-state index < -0.39 is 26.5 Å². The molecule has 0 saturated heterocycles. The SMILES string of the molecule is CCC[CH2][Sn]([CH2]CCC)([CH2]CCC)[CH](CC(C)C)OCCC/C=C\C[Si](C)(C)C. The average molecular weight is 532 g/mol. The summed E-state index contributed by atoms with van der Waals surface area (Å²) in [5, 5.41) is 0. The van der Waals surface area contributed by atoms with Crippen molar-refractivity contribution in [3.8, 4) is 0 Å². The summed E-state index contributed by atoms with van der Waals surface area (Å²) in [7, 11) is -0.935. The number of allylic oxidation sites excluding steroid dienone is 2. The second-order valence-electron chi connectivity index (χ2n) is 11.0. The first-order valence-electron chi connectivity index (χ1n) is 13.0. The predicted octanol–water partition coefficient (Wildman–Crippen LogP) is 9.48. The molecule has 0 radical (unpaired) electrons. The van der Waals surface area contributed by atoms with E-state index in [2.05, 4.69) is 66.4 Å². The van der Waals surface area contributed by atoms with Gasteiger partial charge in [0.1, 0.15) is 0 Å². The summed E-state index contributed by atoms with van der Waals surface area (Å²) < 4.78 is 12.2. The van der Waals surface area contributed by atoms with Crippen LogP contribution in [0.2, 0.25) is 39.0 Å². The molecule has 0 spiro atoms. The van der Waals surface area contributed by atoms with Gasteiger partial charge in [0.2, 0.25) is 0 Å². The summed E-state index contributed by atoms with van der Waals surface area (Å²) in [5.41, 5.74) is 0. The van der Waals surface area contributed by atoms with Gasteiger partial charge in [-0.25, -0.2) is 0 Å². The van der Waals surface area contributed by atoms with E-state index in [4.69, 9.17) is 4.74 Å². The van der Waals surface area contributed by atoms with Gasteiger partial charge in [-0.3, -0.25) is 0 Å². The molecule has 0 aromatic rings. The Hall–Kier alpha value is 0.716. The molecule has 0 aromatic carbocycles. The van der Waals surface area contributed by atoms with Crippen LogP contribution >= 0.6 is 0 Å². The molecule has 0 aromatic heterocycles. The molecule has 0 aliphatic rings.